The molecule has 0 radical (unpaired) electrons. The van der Waals surface area contributed by atoms with E-state index < -0.39 is 0 Å². The highest BCUT2D eigenvalue weighted by Crippen LogP contribution is 2.33. The maximum Gasteiger partial charge on any atom is 0.225 e. The molecule has 2 aromatic carbocycles. The molecule has 4 rings (SSSR count). The van der Waals surface area contributed by atoms with Gasteiger partial charge in [-0.05, 0) is 43.2 Å². The van der Waals surface area contributed by atoms with Gasteiger partial charge in [-0.1, -0.05) is 30.3 Å². The number of aryl methyl sites for hydroxylation is 2. The summed E-state index contributed by atoms with van der Waals surface area (Å²) in [5, 5.41) is 4.21. The lowest BCUT2D eigenvalue weighted by Crippen LogP contribution is -2.44. The van der Waals surface area contributed by atoms with E-state index in [1.165, 1.54) is 5.69 Å². The first-order chi connectivity index (χ1) is 14.1. The van der Waals surface area contributed by atoms with E-state index in [1.54, 1.807) is 7.11 Å². The zero-order valence-corrected chi connectivity index (χ0v) is 17.2. The largest absolute Gasteiger partial charge is 0.496 e. The number of carbonyl (C=O) groups is 1. The van der Waals surface area contributed by atoms with E-state index >= 15 is 0 Å². The number of hydrazine groups is 1. The number of nitrogens with one attached hydrogen (secondary N) is 3. The van der Waals surface area contributed by atoms with Gasteiger partial charge < -0.3 is 14.6 Å². The number of amides is 1. The predicted molar refractivity (Wildman–Crippen MR) is 115 cm³/mol. The molecule has 1 saturated heterocycles. The third kappa shape index (κ3) is 3.86. The lowest BCUT2D eigenvalue weighted by atomic mass is 10.1. The number of rotatable bonds is 6. The average molecular weight is 393 g/mol. The molecule has 2 unspecified atom stereocenters. The summed E-state index contributed by atoms with van der Waals surface area (Å²) >= 11 is 0. The van der Waals surface area contributed by atoms with Crippen molar-refractivity contribution in [3.8, 4) is 5.75 Å². The first-order valence-electron chi connectivity index (χ1n) is 10.1. The van der Waals surface area contributed by atoms with E-state index in [9.17, 15) is 4.79 Å². The summed E-state index contributed by atoms with van der Waals surface area (Å²) in [7, 11) is 1.70. The molecule has 0 aliphatic carbocycles. The van der Waals surface area contributed by atoms with Crippen LogP contribution in [0.25, 0.3) is 10.9 Å². The van der Waals surface area contributed by atoms with Gasteiger partial charge in [-0.2, -0.15) is 0 Å². The molecule has 6 heteroatoms. The van der Waals surface area contributed by atoms with Crippen LogP contribution in [0.5, 0.6) is 5.75 Å². The topological polar surface area (TPSA) is 67.3 Å². The van der Waals surface area contributed by atoms with Crippen LogP contribution in [0.1, 0.15) is 36.2 Å². The lowest BCUT2D eigenvalue weighted by Gasteiger charge is -2.14. The number of benzene rings is 2. The minimum absolute atomic E-state index is 0.0250. The van der Waals surface area contributed by atoms with Gasteiger partial charge in [0.2, 0.25) is 5.91 Å². The van der Waals surface area contributed by atoms with E-state index in [-0.39, 0.29) is 18.1 Å². The fourth-order valence-corrected chi connectivity index (χ4v) is 4.17. The summed E-state index contributed by atoms with van der Waals surface area (Å²) in [4.78, 5) is 12.5. The molecule has 1 aromatic heterocycles. The van der Waals surface area contributed by atoms with Crippen molar-refractivity contribution < 1.29 is 9.53 Å². The van der Waals surface area contributed by atoms with Crippen LogP contribution in [-0.4, -0.2) is 23.7 Å². The minimum Gasteiger partial charge on any atom is -0.496 e. The number of hydrogen-bond donors (Lipinski definition) is 3. The van der Waals surface area contributed by atoms with E-state index in [0.29, 0.717) is 6.42 Å². The Morgan fingerprint density at radius 1 is 1.21 bits per heavy atom. The number of hydrogen-bond acceptors (Lipinski definition) is 4. The second-order valence-corrected chi connectivity index (χ2v) is 7.51. The molecule has 0 saturated carbocycles. The Morgan fingerprint density at radius 2 is 2.03 bits per heavy atom. The van der Waals surface area contributed by atoms with Crippen molar-refractivity contribution in [2.45, 2.75) is 45.4 Å². The molecular formula is C23H28N4O2. The molecule has 1 aliphatic rings. The van der Waals surface area contributed by atoms with Crippen LogP contribution < -0.4 is 20.9 Å². The normalized spacial score (nSPS) is 18.9. The van der Waals surface area contributed by atoms with Crippen LogP contribution >= 0.6 is 0 Å². The predicted octanol–water partition coefficient (Wildman–Crippen LogP) is 3.20. The minimum atomic E-state index is -0.110. The van der Waals surface area contributed by atoms with Crippen molar-refractivity contribution >= 4 is 16.8 Å². The molecule has 152 valence electrons. The zero-order chi connectivity index (χ0) is 20.4. The monoisotopic (exact) mass is 392 g/mol. The van der Waals surface area contributed by atoms with Crippen LogP contribution in [0.3, 0.4) is 0 Å². The summed E-state index contributed by atoms with van der Waals surface area (Å²) in [6.45, 7) is 5.05. The molecule has 3 N–H and O–H groups in total. The fraction of sp³-hybridized carbons (Fsp3) is 0.348. The van der Waals surface area contributed by atoms with Gasteiger partial charge in [0.25, 0.3) is 0 Å². The van der Waals surface area contributed by atoms with E-state index in [4.69, 9.17) is 4.74 Å². The third-order valence-corrected chi connectivity index (χ3v) is 5.68. The fourth-order valence-electron chi connectivity index (χ4n) is 4.17. The van der Waals surface area contributed by atoms with Gasteiger partial charge in [-0.15, -0.1) is 0 Å². The summed E-state index contributed by atoms with van der Waals surface area (Å²) in [5.74, 6) is 0.905. The van der Waals surface area contributed by atoms with Gasteiger partial charge in [0.15, 0.2) is 0 Å². The van der Waals surface area contributed by atoms with Gasteiger partial charge in [0.05, 0.1) is 31.3 Å². The quantitative estimate of drug-likeness (QED) is 0.603. The Kier molecular flexibility index (Phi) is 5.56. The van der Waals surface area contributed by atoms with Crippen molar-refractivity contribution in [1.29, 1.82) is 0 Å². The number of ether oxygens (including phenoxy) is 1. The number of nitrogens with zero attached hydrogens (tertiary/aromatic N) is 1. The molecule has 0 spiro atoms. The summed E-state index contributed by atoms with van der Waals surface area (Å²) in [6.07, 6.45) is 1.06. The number of methoxy groups -OCH3 is 1. The maximum absolute atomic E-state index is 12.5. The summed E-state index contributed by atoms with van der Waals surface area (Å²) < 4.78 is 7.84. The van der Waals surface area contributed by atoms with Crippen LogP contribution in [-0.2, 0) is 17.8 Å². The van der Waals surface area contributed by atoms with Crippen LogP contribution in [0.15, 0.2) is 48.5 Å². The second-order valence-electron chi connectivity index (χ2n) is 7.51. The molecule has 0 bridgehead atoms. The standard InChI is InChI=1S/C23H28N4O2/c1-4-27-19-10-7-11-21(29-3)17(19)13-20(27)18-14-22(26-25-18)24-23(28)12-16-9-6-5-8-15(16)2/h5-11,13,18,22,25-26H,4,12,14H2,1-3H3,(H,24,28). The molecule has 1 aliphatic heterocycles. The molecular weight excluding hydrogens is 364 g/mol. The van der Waals surface area contributed by atoms with Crippen molar-refractivity contribution in [2.75, 3.05) is 7.11 Å². The molecule has 1 fully saturated rings. The Hall–Kier alpha value is -2.83. The third-order valence-electron chi connectivity index (χ3n) is 5.68. The zero-order valence-electron chi connectivity index (χ0n) is 17.2. The van der Waals surface area contributed by atoms with Crippen LogP contribution in [0, 0.1) is 6.92 Å². The number of aromatic nitrogens is 1. The second kappa shape index (κ2) is 8.27. The average Bonchev–Trinajstić information content (AvgIpc) is 3.33. The Labute approximate surface area is 171 Å². The Balaban J connectivity index is 1.47. The van der Waals surface area contributed by atoms with Gasteiger partial charge in [-0.25, -0.2) is 10.9 Å². The Bertz CT molecular complexity index is 1030. The van der Waals surface area contributed by atoms with Gasteiger partial charge >= 0.3 is 0 Å². The van der Waals surface area contributed by atoms with Gasteiger partial charge in [-0.3, -0.25) is 4.79 Å². The van der Waals surface area contributed by atoms with E-state index in [0.717, 1.165) is 40.7 Å². The summed E-state index contributed by atoms with van der Waals surface area (Å²) in [6, 6.07) is 16.4. The van der Waals surface area contributed by atoms with Crippen molar-refractivity contribution in [1.82, 2.24) is 20.7 Å². The highest BCUT2D eigenvalue weighted by molar-refractivity contribution is 5.87. The SMILES string of the molecule is CCn1c(C2CC(NC(=O)Cc3ccccc3C)NN2)cc2c(OC)cccc21. The first kappa shape index (κ1) is 19.5. The van der Waals surface area contributed by atoms with Crippen molar-refractivity contribution in [3.63, 3.8) is 0 Å². The molecule has 29 heavy (non-hydrogen) atoms. The van der Waals surface area contributed by atoms with Crippen molar-refractivity contribution in [2.24, 2.45) is 0 Å². The molecule has 2 atom stereocenters. The molecule has 1 amide bonds. The first-order valence-corrected chi connectivity index (χ1v) is 10.1. The number of fused-ring (bicyclic) bond motifs is 1. The molecule has 6 nitrogen and oxygen atoms in total. The lowest BCUT2D eigenvalue weighted by molar-refractivity contribution is -0.121. The summed E-state index contributed by atoms with van der Waals surface area (Å²) in [5.41, 5.74) is 11.1. The smallest absolute Gasteiger partial charge is 0.225 e. The number of carbonyl (C=O) groups excluding carboxylic acids is 1. The van der Waals surface area contributed by atoms with Crippen LogP contribution in [0.4, 0.5) is 0 Å². The van der Waals surface area contributed by atoms with Gasteiger partial charge in [0.1, 0.15) is 5.75 Å². The maximum atomic E-state index is 12.5. The van der Waals surface area contributed by atoms with Crippen LogP contribution in [0.2, 0.25) is 0 Å². The molecule has 3 aromatic rings. The molecule has 2 heterocycles. The van der Waals surface area contributed by atoms with Gasteiger partial charge in [0, 0.05) is 24.0 Å². The van der Waals surface area contributed by atoms with Crippen molar-refractivity contribution in [3.05, 3.63) is 65.4 Å². The van der Waals surface area contributed by atoms with E-state index in [2.05, 4.69) is 39.8 Å². The highest BCUT2D eigenvalue weighted by Gasteiger charge is 2.29. The Morgan fingerprint density at radius 3 is 2.79 bits per heavy atom. The highest BCUT2D eigenvalue weighted by atomic mass is 16.5. The van der Waals surface area contributed by atoms with E-state index in [1.807, 2.05) is 43.3 Å².